The standard InChI is InChI=1S/C4H11N2O2S/c1-4(2)3-6-9(5,7)8/h4-6H,3H2,1-2H3. The molecule has 0 bridgehead atoms. The first kappa shape index (κ1) is 8.87. The van der Waals surface area contributed by atoms with Crippen LogP contribution in [0.3, 0.4) is 0 Å². The number of nitrogens with one attached hydrogen (secondary N) is 2. The highest BCUT2D eigenvalue weighted by Crippen LogP contribution is 1.87. The Morgan fingerprint density at radius 1 is 1.56 bits per heavy atom. The topological polar surface area (TPSA) is 70.0 Å². The van der Waals surface area contributed by atoms with Gasteiger partial charge in [0.2, 0.25) is 0 Å². The van der Waals surface area contributed by atoms with Crippen LogP contribution in [0.15, 0.2) is 0 Å². The molecule has 55 valence electrons. The van der Waals surface area contributed by atoms with Crippen LogP contribution in [0.5, 0.6) is 0 Å². The van der Waals surface area contributed by atoms with Gasteiger partial charge in [0.05, 0.1) is 0 Å². The largest absolute Gasteiger partial charge is 0.290 e. The molecule has 0 aromatic heterocycles. The molecule has 9 heavy (non-hydrogen) atoms. The van der Waals surface area contributed by atoms with Crippen LogP contribution in [-0.4, -0.2) is 15.0 Å². The second-order valence-electron chi connectivity index (χ2n) is 2.25. The van der Waals surface area contributed by atoms with E-state index in [0.717, 1.165) is 0 Å². The lowest BCUT2D eigenvalue weighted by molar-refractivity contribution is 0.560. The van der Waals surface area contributed by atoms with Crippen molar-refractivity contribution in [2.24, 2.45) is 5.92 Å². The lowest BCUT2D eigenvalue weighted by Gasteiger charge is -2.02. The molecule has 1 radical (unpaired) electrons. The molecule has 5 heteroatoms. The molecule has 0 unspecified atom stereocenters. The van der Waals surface area contributed by atoms with Gasteiger partial charge in [0.15, 0.2) is 0 Å². The molecule has 0 aliphatic heterocycles. The highest BCUT2D eigenvalue weighted by Gasteiger charge is 2.01. The molecule has 2 N–H and O–H groups in total. The monoisotopic (exact) mass is 151 g/mol. The third-order valence-corrected chi connectivity index (χ3v) is 1.23. The molecule has 0 aliphatic carbocycles. The van der Waals surface area contributed by atoms with E-state index < -0.39 is 10.2 Å². The van der Waals surface area contributed by atoms with Gasteiger partial charge in [-0.1, -0.05) is 13.8 Å². The SMILES string of the molecule is CC(C)CNS([NH])(=O)=O. The first-order valence-corrected chi connectivity index (χ1v) is 4.14. The second-order valence-corrected chi connectivity index (χ2v) is 3.54. The van der Waals surface area contributed by atoms with E-state index in [-0.39, 0.29) is 5.92 Å². The lowest BCUT2D eigenvalue weighted by atomic mass is 10.2. The summed E-state index contributed by atoms with van der Waals surface area (Å²) in [6.45, 7) is 4.09. The molecular formula is C4H11N2O2S. The normalized spacial score (nSPS) is 12.4. The minimum absolute atomic E-state index is 0.255. The second kappa shape index (κ2) is 3.14. The van der Waals surface area contributed by atoms with Crippen molar-refractivity contribution in [1.29, 1.82) is 0 Å². The van der Waals surface area contributed by atoms with Crippen LogP contribution in [0.2, 0.25) is 0 Å². The summed E-state index contributed by atoms with van der Waals surface area (Å²) in [4.78, 5) is 0. The summed E-state index contributed by atoms with van der Waals surface area (Å²) in [5.41, 5.74) is 0. The minimum atomic E-state index is -3.72. The first-order chi connectivity index (χ1) is 3.92. The highest BCUT2D eigenvalue weighted by molar-refractivity contribution is 7.86. The number of hydrogen-bond donors (Lipinski definition) is 1. The zero-order valence-electron chi connectivity index (χ0n) is 5.51. The molecule has 0 aromatic carbocycles. The maximum Gasteiger partial charge on any atom is 0.290 e. The third kappa shape index (κ3) is 7.87. The Morgan fingerprint density at radius 3 is 2.11 bits per heavy atom. The zero-order chi connectivity index (χ0) is 7.49. The van der Waals surface area contributed by atoms with Gasteiger partial charge in [-0.3, -0.25) is 0 Å². The quantitative estimate of drug-likeness (QED) is 0.604. The van der Waals surface area contributed by atoms with Gasteiger partial charge in [0.25, 0.3) is 10.2 Å². The average molecular weight is 151 g/mol. The zero-order valence-corrected chi connectivity index (χ0v) is 6.33. The summed E-state index contributed by atoms with van der Waals surface area (Å²) < 4.78 is 22.2. The Hall–Kier alpha value is -0.130. The smallest absolute Gasteiger partial charge is 0.201 e. The first-order valence-electron chi connectivity index (χ1n) is 2.66. The molecule has 0 atom stereocenters. The lowest BCUT2D eigenvalue weighted by Crippen LogP contribution is -2.27. The Bertz CT molecular complexity index is 161. The van der Waals surface area contributed by atoms with Gasteiger partial charge in [0, 0.05) is 6.54 Å². The molecule has 0 aromatic rings. The fourth-order valence-corrected chi connectivity index (χ4v) is 0.829. The molecule has 0 saturated carbocycles. The van der Waals surface area contributed by atoms with Crippen LogP contribution in [0.25, 0.3) is 0 Å². The van der Waals surface area contributed by atoms with Crippen LogP contribution < -0.4 is 9.86 Å². The van der Waals surface area contributed by atoms with Gasteiger partial charge in [-0.25, -0.2) is 4.72 Å². The molecular weight excluding hydrogens is 140 g/mol. The average Bonchev–Trinajstić information content (AvgIpc) is 1.59. The highest BCUT2D eigenvalue weighted by atomic mass is 32.2. The number of rotatable bonds is 3. The minimum Gasteiger partial charge on any atom is -0.201 e. The van der Waals surface area contributed by atoms with Gasteiger partial charge in [0.1, 0.15) is 0 Å². The van der Waals surface area contributed by atoms with Crippen LogP contribution >= 0.6 is 0 Å². The molecule has 0 spiro atoms. The molecule has 4 nitrogen and oxygen atoms in total. The fraction of sp³-hybridized carbons (Fsp3) is 1.00. The summed E-state index contributed by atoms with van der Waals surface area (Å²) in [5, 5.41) is 6.39. The summed E-state index contributed by atoms with van der Waals surface area (Å²) in [6, 6.07) is 0. The Balaban J connectivity index is 3.53. The summed E-state index contributed by atoms with van der Waals surface area (Å²) >= 11 is 0. The van der Waals surface area contributed by atoms with Gasteiger partial charge >= 0.3 is 0 Å². The van der Waals surface area contributed by atoms with E-state index >= 15 is 0 Å². The molecule has 0 amide bonds. The van der Waals surface area contributed by atoms with Crippen molar-refractivity contribution in [3.05, 3.63) is 0 Å². The van der Waals surface area contributed by atoms with E-state index in [4.69, 9.17) is 5.14 Å². The molecule has 0 fully saturated rings. The fourth-order valence-electron chi connectivity index (χ4n) is 0.276. The van der Waals surface area contributed by atoms with Crippen LogP contribution in [-0.2, 0) is 10.2 Å². The maximum absolute atomic E-state index is 10.1. The van der Waals surface area contributed by atoms with E-state index in [0.29, 0.717) is 6.54 Å². The maximum atomic E-state index is 10.1. The van der Waals surface area contributed by atoms with Crippen molar-refractivity contribution in [3.63, 3.8) is 0 Å². The van der Waals surface area contributed by atoms with Gasteiger partial charge in [-0.05, 0) is 5.92 Å². The van der Waals surface area contributed by atoms with Crippen molar-refractivity contribution in [2.75, 3.05) is 6.54 Å². The van der Waals surface area contributed by atoms with Crippen molar-refractivity contribution in [1.82, 2.24) is 9.86 Å². The molecule has 0 saturated heterocycles. The summed E-state index contributed by atoms with van der Waals surface area (Å²) in [7, 11) is -3.72. The predicted molar refractivity (Wildman–Crippen MR) is 34.9 cm³/mol. The van der Waals surface area contributed by atoms with Gasteiger partial charge in [-0.2, -0.15) is 8.42 Å². The van der Waals surface area contributed by atoms with Gasteiger partial charge < -0.3 is 0 Å². The number of hydrogen-bond acceptors (Lipinski definition) is 2. The Labute approximate surface area is 55.6 Å². The Kier molecular flexibility index (Phi) is 3.10. The van der Waals surface area contributed by atoms with E-state index in [1.165, 1.54) is 0 Å². The van der Waals surface area contributed by atoms with E-state index in [1.807, 2.05) is 13.8 Å². The van der Waals surface area contributed by atoms with Crippen LogP contribution in [0, 0.1) is 5.92 Å². The van der Waals surface area contributed by atoms with Crippen molar-refractivity contribution in [2.45, 2.75) is 13.8 Å². The predicted octanol–water partition coefficient (Wildman–Crippen LogP) is -0.240. The van der Waals surface area contributed by atoms with Crippen molar-refractivity contribution >= 4 is 10.2 Å². The van der Waals surface area contributed by atoms with E-state index in [9.17, 15) is 8.42 Å². The summed E-state index contributed by atoms with van der Waals surface area (Å²) in [6.07, 6.45) is 0. The van der Waals surface area contributed by atoms with E-state index in [1.54, 1.807) is 0 Å². The van der Waals surface area contributed by atoms with Crippen LogP contribution in [0.1, 0.15) is 13.8 Å². The molecule has 0 rings (SSSR count). The van der Waals surface area contributed by atoms with Gasteiger partial charge in [-0.15, -0.1) is 5.14 Å². The third-order valence-electron chi connectivity index (χ3n) is 0.682. The summed E-state index contributed by atoms with van der Waals surface area (Å²) in [5.74, 6) is 0.255. The van der Waals surface area contributed by atoms with Crippen molar-refractivity contribution < 1.29 is 8.42 Å². The van der Waals surface area contributed by atoms with Crippen molar-refractivity contribution in [3.8, 4) is 0 Å². The van der Waals surface area contributed by atoms with Crippen LogP contribution in [0.4, 0.5) is 0 Å². The molecule has 0 heterocycles. The Morgan fingerprint density at radius 2 is 2.00 bits per heavy atom. The molecule has 0 aliphatic rings. The van der Waals surface area contributed by atoms with E-state index in [2.05, 4.69) is 4.72 Å².